The third-order valence-electron chi connectivity index (χ3n) is 2.50. The molecule has 4 heteroatoms. The van der Waals surface area contributed by atoms with E-state index >= 15 is 0 Å². The van der Waals surface area contributed by atoms with Gasteiger partial charge in [0, 0.05) is 12.1 Å². The molecule has 1 rings (SSSR count). The molecule has 1 N–H and O–H groups in total. The van der Waals surface area contributed by atoms with Crippen LogP contribution in [0.15, 0.2) is 18.2 Å². The maximum absolute atomic E-state index is 11.9. The Kier molecular flexibility index (Phi) is 6.79. The molecule has 0 aliphatic carbocycles. The summed E-state index contributed by atoms with van der Waals surface area (Å²) in [5.41, 5.74) is 0.598. The van der Waals surface area contributed by atoms with Gasteiger partial charge in [0.1, 0.15) is 0 Å². The average molecular weight is 265 g/mol. The van der Waals surface area contributed by atoms with Crippen molar-refractivity contribution in [3.8, 4) is 11.5 Å². The normalized spacial score (nSPS) is 10.1. The zero-order chi connectivity index (χ0) is 14.1. The number of carbonyl (C=O) groups excluding carboxylic acids is 1. The molecular formula is C15H23NO3. The number of nitrogens with one attached hydrogen (secondary N) is 1. The molecule has 0 spiro atoms. The van der Waals surface area contributed by atoms with Crippen LogP contribution in [0.5, 0.6) is 11.5 Å². The number of benzene rings is 1. The molecule has 4 nitrogen and oxygen atoms in total. The molecule has 0 aromatic heterocycles. The minimum atomic E-state index is -0.0788. The smallest absolute Gasteiger partial charge is 0.251 e. The van der Waals surface area contributed by atoms with Crippen LogP contribution in [0.1, 0.15) is 44.0 Å². The fourth-order valence-corrected chi connectivity index (χ4v) is 1.59. The van der Waals surface area contributed by atoms with Gasteiger partial charge in [0.2, 0.25) is 0 Å². The number of hydrogen-bond acceptors (Lipinski definition) is 3. The monoisotopic (exact) mass is 265 g/mol. The molecule has 0 aliphatic rings. The second-order valence-corrected chi connectivity index (χ2v) is 4.20. The molecule has 0 heterocycles. The number of amides is 1. The lowest BCUT2D eigenvalue weighted by Crippen LogP contribution is -2.23. The average Bonchev–Trinajstić information content (AvgIpc) is 2.43. The summed E-state index contributed by atoms with van der Waals surface area (Å²) in [6, 6.07) is 5.29. The Morgan fingerprint density at radius 3 is 2.53 bits per heavy atom. The Hall–Kier alpha value is -1.71. The molecule has 0 fully saturated rings. The van der Waals surface area contributed by atoms with E-state index in [0.717, 1.165) is 12.8 Å². The first-order valence-corrected chi connectivity index (χ1v) is 6.90. The second kappa shape index (κ2) is 8.40. The van der Waals surface area contributed by atoms with Crippen LogP contribution in [0.3, 0.4) is 0 Å². The van der Waals surface area contributed by atoms with Gasteiger partial charge in [-0.05, 0) is 38.0 Å². The topological polar surface area (TPSA) is 47.6 Å². The van der Waals surface area contributed by atoms with Crippen molar-refractivity contribution in [1.82, 2.24) is 5.32 Å². The predicted molar refractivity (Wildman–Crippen MR) is 76.0 cm³/mol. The highest BCUT2D eigenvalue weighted by Gasteiger charge is 2.11. The third-order valence-corrected chi connectivity index (χ3v) is 2.50. The van der Waals surface area contributed by atoms with Gasteiger partial charge in [-0.15, -0.1) is 0 Å². The van der Waals surface area contributed by atoms with Gasteiger partial charge in [-0.25, -0.2) is 0 Å². The van der Waals surface area contributed by atoms with Crippen molar-refractivity contribution in [2.75, 3.05) is 19.8 Å². The van der Waals surface area contributed by atoms with Gasteiger partial charge in [-0.2, -0.15) is 0 Å². The van der Waals surface area contributed by atoms with Crippen molar-refractivity contribution in [2.24, 2.45) is 0 Å². The summed E-state index contributed by atoms with van der Waals surface area (Å²) in [6.07, 6.45) is 1.85. The van der Waals surface area contributed by atoms with Gasteiger partial charge in [-0.1, -0.05) is 13.8 Å². The molecule has 1 aromatic carbocycles. The Labute approximate surface area is 115 Å². The molecule has 0 unspecified atom stereocenters. The SMILES string of the molecule is CCCNC(=O)c1ccc(OCCC)c(OCC)c1. The van der Waals surface area contributed by atoms with Crippen LogP contribution in [0.2, 0.25) is 0 Å². The van der Waals surface area contributed by atoms with Crippen LogP contribution in [0, 0.1) is 0 Å². The van der Waals surface area contributed by atoms with Crippen LogP contribution in [0.4, 0.5) is 0 Å². The van der Waals surface area contributed by atoms with Crippen molar-refractivity contribution in [2.45, 2.75) is 33.6 Å². The first-order chi connectivity index (χ1) is 9.22. The first-order valence-electron chi connectivity index (χ1n) is 6.90. The highest BCUT2D eigenvalue weighted by atomic mass is 16.5. The zero-order valence-electron chi connectivity index (χ0n) is 12.0. The Bertz CT molecular complexity index is 404. The predicted octanol–water partition coefficient (Wildman–Crippen LogP) is 3.01. The van der Waals surface area contributed by atoms with Gasteiger partial charge in [0.05, 0.1) is 13.2 Å². The van der Waals surface area contributed by atoms with Crippen molar-refractivity contribution >= 4 is 5.91 Å². The fourth-order valence-electron chi connectivity index (χ4n) is 1.59. The lowest BCUT2D eigenvalue weighted by atomic mass is 10.2. The summed E-state index contributed by atoms with van der Waals surface area (Å²) in [5, 5.41) is 2.85. The van der Waals surface area contributed by atoms with Crippen LogP contribution >= 0.6 is 0 Å². The molecule has 0 atom stereocenters. The van der Waals surface area contributed by atoms with Crippen LogP contribution < -0.4 is 14.8 Å². The molecule has 106 valence electrons. The van der Waals surface area contributed by atoms with Crippen LogP contribution in [-0.2, 0) is 0 Å². The van der Waals surface area contributed by atoms with E-state index in [1.165, 1.54) is 0 Å². The van der Waals surface area contributed by atoms with E-state index < -0.39 is 0 Å². The molecule has 0 aliphatic heterocycles. The summed E-state index contributed by atoms with van der Waals surface area (Å²) in [4.78, 5) is 11.9. The quantitative estimate of drug-likeness (QED) is 0.786. The highest BCUT2D eigenvalue weighted by Crippen LogP contribution is 2.28. The van der Waals surface area contributed by atoms with E-state index in [1.54, 1.807) is 18.2 Å². The molecule has 1 aromatic rings. The van der Waals surface area contributed by atoms with E-state index in [1.807, 2.05) is 20.8 Å². The van der Waals surface area contributed by atoms with Crippen molar-refractivity contribution < 1.29 is 14.3 Å². The molecule has 0 saturated heterocycles. The second-order valence-electron chi connectivity index (χ2n) is 4.20. The van der Waals surface area contributed by atoms with E-state index in [0.29, 0.717) is 36.8 Å². The highest BCUT2D eigenvalue weighted by molar-refractivity contribution is 5.94. The van der Waals surface area contributed by atoms with E-state index in [2.05, 4.69) is 5.32 Å². The maximum Gasteiger partial charge on any atom is 0.251 e. The maximum atomic E-state index is 11.9. The molecule has 0 bridgehead atoms. The fraction of sp³-hybridized carbons (Fsp3) is 0.533. The van der Waals surface area contributed by atoms with Crippen molar-refractivity contribution in [3.05, 3.63) is 23.8 Å². The van der Waals surface area contributed by atoms with Gasteiger partial charge in [0.15, 0.2) is 11.5 Å². The minimum Gasteiger partial charge on any atom is -0.490 e. The molecule has 1 amide bonds. The lowest BCUT2D eigenvalue weighted by Gasteiger charge is -2.13. The first kappa shape index (κ1) is 15.3. The van der Waals surface area contributed by atoms with Gasteiger partial charge in [0.25, 0.3) is 5.91 Å². The third kappa shape index (κ3) is 4.81. The standard InChI is InChI=1S/C15H23NO3/c1-4-9-16-15(17)12-7-8-13(19-10-5-2)14(11-12)18-6-3/h7-8,11H,4-6,9-10H2,1-3H3,(H,16,17). The van der Waals surface area contributed by atoms with Gasteiger partial charge >= 0.3 is 0 Å². The summed E-state index contributed by atoms with van der Waals surface area (Å²) >= 11 is 0. The molecule has 19 heavy (non-hydrogen) atoms. The van der Waals surface area contributed by atoms with Gasteiger partial charge < -0.3 is 14.8 Å². The molecule has 0 radical (unpaired) electrons. The van der Waals surface area contributed by atoms with Crippen molar-refractivity contribution in [3.63, 3.8) is 0 Å². The Morgan fingerprint density at radius 1 is 1.11 bits per heavy atom. The zero-order valence-corrected chi connectivity index (χ0v) is 12.0. The summed E-state index contributed by atoms with van der Waals surface area (Å²) in [6.45, 7) is 7.84. The van der Waals surface area contributed by atoms with Gasteiger partial charge in [-0.3, -0.25) is 4.79 Å². The van der Waals surface area contributed by atoms with E-state index in [-0.39, 0.29) is 5.91 Å². The summed E-state index contributed by atoms with van der Waals surface area (Å²) in [5.74, 6) is 1.24. The van der Waals surface area contributed by atoms with E-state index in [9.17, 15) is 4.79 Å². The number of carbonyl (C=O) groups is 1. The van der Waals surface area contributed by atoms with Crippen LogP contribution in [-0.4, -0.2) is 25.7 Å². The lowest BCUT2D eigenvalue weighted by molar-refractivity contribution is 0.0953. The number of rotatable bonds is 8. The Balaban J connectivity index is 2.84. The number of ether oxygens (including phenoxy) is 2. The summed E-state index contributed by atoms with van der Waals surface area (Å²) in [7, 11) is 0. The number of hydrogen-bond donors (Lipinski definition) is 1. The largest absolute Gasteiger partial charge is 0.490 e. The molecular weight excluding hydrogens is 242 g/mol. The Morgan fingerprint density at radius 2 is 1.89 bits per heavy atom. The molecule has 0 saturated carbocycles. The van der Waals surface area contributed by atoms with Crippen molar-refractivity contribution in [1.29, 1.82) is 0 Å². The van der Waals surface area contributed by atoms with Crippen LogP contribution in [0.25, 0.3) is 0 Å². The minimum absolute atomic E-state index is 0.0788. The summed E-state index contributed by atoms with van der Waals surface area (Å²) < 4.78 is 11.1. The van der Waals surface area contributed by atoms with E-state index in [4.69, 9.17) is 9.47 Å².